The molecule has 4 rings (SSSR count). The summed E-state index contributed by atoms with van der Waals surface area (Å²) in [7, 11) is 0. The Morgan fingerprint density at radius 1 is 0.944 bits per heavy atom. The first-order valence-electron chi connectivity index (χ1n) is 10.9. The molecular weight excluding hydrogens is 480 g/mol. The number of carbonyl (C=O) groups is 3. The molecule has 2 atom stereocenters. The molecule has 0 fully saturated rings. The molecule has 0 aliphatic rings. The number of anilines is 1. The van der Waals surface area contributed by atoms with E-state index in [0.29, 0.717) is 16.1 Å². The molecule has 1 unspecified atom stereocenters. The van der Waals surface area contributed by atoms with Crippen LogP contribution in [0.15, 0.2) is 96.0 Å². The molecule has 10 heteroatoms. The fourth-order valence-electron chi connectivity index (χ4n) is 3.54. The first kappa shape index (κ1) is 24.7. The van der Waals surface area contributed by atoms with Crippen LogP contribution in [0.3, 0.4) is 0 Å². The molecule has 4 aromatic rings. The van der Waals surface area contributed by atoms with E-state index in [2.05, 4.69) is 15.8 Å². The van der Waals surface area contributed by atoms with E-state index in [1.807, 2.05) is 18.2 Å². The Bertz CT molecular complexity index is 1440. The van der Waals surface area contributed by atoms with Crippen molar-refractivity contribution < 1.29 is 22.9 Å². The van der Waals surface area contributed by atoms with Crippen LogP contribution in [0.5, 0.6) is 0 Å². The summed E-state index contributed by atoms with van der Waals surface area (Å²) in [5, 5.41) is 3.40. The number of rotatable bonds is 10. The standard InChI is InChI=1S/C26H22N4O5S/c27-25(32)24(31)21(15-17-7-2-1-3-8-17)29-26(33)19-10-4-12-20(16-19)30-35-36(34)22-13-5-9-18-11-6-14-28-23(18)22/h1-14,16,21,30H,15H2,(H2,27,32)(H,29,33)/t21-,36?/m0/s1. The smallest absolute Gasteiger partial charge is 0.287 e. The highest BCUT2D eigenvalue weighted by Gasteiger charge is 2.26. The number of Topliss-reactive ketones (excluding diaryl/α,β-unsaturated/α-hetero) is 1. The Morgan fingerprint density at radius 3 is 2.47 bits per heavy atom. The molecule has 2 amide bonds. The minimum absolute atomic E-state index is 0.105. The van der Waals surface area contributed by atoms with E-state index in [1.165, 1.54) is 12.1 Å². The zero-order valence-corrected chi connectivity index (χ0v) is 19.7. The second-order valence-corrected chi connectivity index (χ2v) is 8.85. The summed E-state index contributed by atoms with van der Waals surface area (Å²) >= 11 is -1.89. The van der Waals surface area contributed by atoms with E-state index in [-0.39, 0.29) is 12.0 Å². The number of amides is 2. The maximum atomic E-state index is 12.9. The van der Waals surface area contributed by atoms with Crippen molar-refractivity contribution in [3.8, 4) is 0 Å². The third-order valence-corrected chi connectivity index (χ3v) is 6.21. The molecule has 182 valence electrons. The summed E-state index contributed by atoms with van der Waals surface area (Å²) in [5.74, 6) is -2.62. The number of nitrogens with zero attached hydrogens (tertiary/aromatic N) is 1. The van der Waals surface area contributed by atoms with E-state index < -0.39 is 34.7 Å². The van der Waals surface area contributed by atoms with Gasteiger partial charge in [0.15, 0.2) is 0 Å². The van der Waals surface area contributed by atoms with E-state index in [9.17, 15) is 18.6 Å². The Kier molecular flexibility index (Phi) is 7.79. The maximum Gasteiger partial charge on any atom is 0.287 e. The van der Waals surface area contributed by atoms with Crippen LogP contribution in [0.2, 0.25) is 0 Å². The number of benzene rings is 3. The predicted octanol–water partition coefficient (Wildman–Crippen LogP) is 2.70. The summed E-state index contributed by atoms with van der Waals surface area (Å²) in [6.45, 7) is 0. The monoisotopic (exact) mass is 502 g/mol. The number of hydrogen-bond acceptors (Lipinski definition) is 7. The highest BCUT2D eigenvalue weighted by molar-refractivity contribution is 7.80. The lowest BCUT2D eigenvalue weighted by molar-refractivity contribution is -0.137. The molecule has 0 saturated carbocycles. The second kappa shape index (κ2) is 11.3. The third kappa shape index (κ3) is 5.98. The van der Waals surface area contributed by atoms with Gasteiger partial charge in [0.25, 0.3) is 11.8 Å². The summed E-state index contributed by atoms with van der Waals surface area (Å²) in [4.78, 5) is 41.4. The normalized spacial score (nSPS) is 12.4. The van der Waals surface area contributed by atoms with Crippen LogP contribution in [0.25, 0.3) is 10.9 Å². The van der Waals surface area contributed by atoms with Crippen molar-refractivity contribution in [2.45, 2.75) is 17.4 Å². The number of pyridine rings is 1. The molecule has 0 saturated heterocycles. The van der Waals surface area contributed by atoms with Gasteiger partial charge in [-0.3, -0.25) is 24.8 Å². The van der Waals surface area contributed by atoms with Gasteiger partial charge in [0, 0.05) is 23.6 Å². The lowest BCUT2D eigenvalue weighted by Crippen LogP contribution is -2.47. The van der Waals surface area contributed by atoms with Crippen molar-refractivity contribution in [2.24, 2.45) is 5.73 Å². The van der Waals surface area contributed by atoms with Crippen LogP contribution in [0, 0.1) is 0 Å². The predicted molar refractivity (Wildman–Crippen MR) is 135 cm³/mol. The van der Waals surface area contributed by atoms with E-state index >= 15 is 0 Å². The SMILES string of the molecule is NC(=O)C(=O)[C@H](Cc1ccccc1)NC(=O)c1cccc(NOS(=O)c2cccc3cccnc23)c1. The van der Waals surface area contributed by atoms with Gasteiger partial charge < -0.3 is 11.1 Å². The van der Waals surface area contributed by atoms with Crippen molar-refractivity contribution in [3.05, 3.63) is 102 Å². The van der Waals surface area contributed by atoms with E-state index in [0.717, 1.165) is 10.9 Å². The number of ketones is 1. The third-order valence-electron chi connectivity index (χ3n) is 5.28. The average Bonchev–Trinajstić information content (AvgIpc) is 2.91. The van der Waals surface area contributed by atoms with Crippen LogP contribution >= 0.6 is 0 Å². The molecule has 0 bridgehead atoms. The van der Waals surface area contributed by atoms with Gasteiger partial charge in [0.2, 0.25) is 16.9 Å². The average molecular weight is 503 g/mol. The number of para-hydroxylation sites is 1. The summed E-state index contributed by atoms with van der Waals surface area (Å²) in [6.07, 6.45) is 1.71. The van der Waals surface area contributed by atoms with E-state index in [4.69, 9.17) is 10.0 Å². The van der Waals surface area contributed by atoms with Crippen molar-refractivity contribution in [1.82, 2.24) is 10.3 Å². The highest BCUT2D eigenvalue weighted by atomic mass is 32.2. The van der Waals surface area contributed by atoms with Crippen LogP contribution in [-0.4, -0.2) is 32.8 Å². The molecule has 0 spiro atoms. The van der Waals surface area contributed by atoms with Gasteiger partial charge >= 0.3 is 0 Å². The Morgan fingerprint density at radius 2 is 1.69 bits per heavy atom. The first-order valence-corrected chi connectivity index (χ1v) is 12.0. The van der Waals surface area contributed by atoms with Gasteiger partial charge in [-0.1, -0.05) is 54.6 Å². The zero-order chi connectivity index (χ0) is 25.5. The molecule has 4 N–H and O–H groups in total. The molecule has 0 aliphatic heterocycles. The van der Waals surface area contributed by atoms with Gasteiger partial charge in [-0.05, 0) is 35.9 Å². The minimum atomic E-state index is -1.89. The number of aromatic nitrogens is 1. The van der Waals surface area contributed by atoms with Crippen molar-refractivity contribution in [1.29, 1.82) is 0 Å². The van der Waals surface area contributed by atoms with Gasteiger partial charge in [-0.25, -0.2) is 4.21 Å². The van der Waals surface area contributed by atoms with Gasteiger partial charge in [0.1, 0.15) is 6.04 Å². The highest BCUT2D eigenvalue weighted by Crippen LogP contribution is 2.21. The Balaban J connectivity index is 1.45. The molecule has 36 heavy (non-hydrogen) atoms. The van der Waals surface area contributed by atoms with Crippen LogP contribution < -0.4 is 16.5 Å². The lowest BCUT2D eigenvalue weighted by Gasteiger charge is -2.17. The number of nitrogens with two attached hydrogens (primary N) is 1. The van der Waals surface area contributed by atoms with Gasteiger partial charge in [0.05, 0.1) is 16.1 Å². The maximum absolute atomic E-state index is 12.9. The Labute approximate surface area is 209 Å². The molecule has 3 aromatic carbocycles. The topological polar surface area (TPSA) is 140 Å². The lowest BCUT2D eigenvalue weighted by atomic mass is 10.0. The number of carbonyl (C=O) groups excluding carboxylic acids is 3. The quantitative estimate of drug-likeness (QED) is 0.224. The van der Waals surface area contributed by atoms with Crippen molar-refractivity contribution in [3.63, 3.8) is 0 Å². The van der Waals surface area contributed by atoms with Crippen LogP contribution in [0.4, 0.5) is 5.69 Å². The van der Waals surface area contributed by atoms with Crippen LogP contribution in [-0.2, 0) is 31.4 Å². The molecule has 1 aromatic heterocycles. The number of nitrogens with one attached hydrogen (secondary N) is 2. The number of primary amides is 1. The molecule has 9 nitrogen and oxygen atoms in total. The van der Waals surface area contributed by atoms with Crippen LogP contribution in [0.1, 0.15) is 15.9 Å². The van der Waals surface area contributed by atoms with Gasteiger partial charge in [-0.2, -0.15) is 4.28 Å². The minimum Gasteiger partial charge on any atom is -0.363 e. The molecule has 1 heterocycles. The summed E-state index contributed by atoms with van der Waals surface area (Å²) in [6, 6.07) is 22.9. The number of fused-ring (bicyclic) bond motifs is 1. The summed E-state index contributed by atoms with van der Waals surface area (Å²) in [5.41, 5.74) is 9.62. The van der Waals surface area contributed by atoms with Crippen molar-refractivity contribution >= 4 is 45.3 Å². The number of hydrogen-bond donors (Lipinski definition) is 3. The van der Waals surface area contributed by atoms with E-state index in [1.54, 1.807) is 60.8 Å². The molecular formula is C26H22N4O5S. The van der Waals surface area contributed by atoms with Crippen molar-refractivity contribution in [2.75, 3.05) is 5.48 Å². The zero-order valence-electron chi connectivity index (χ0n) is 18.9. The second-order valence-electron chi connectivity index (χ2n) is 7.78. The fraction of sp³-hybridized carbons (Fsp3) is 0.0769. The Hall–Kier alpha value is -4.41. The molecule has 0 aliphatic carbocycles. The van der Waals surface area contributed by atoms with Gasteiger partial charge in [-0.15, -0.1) is 0 Å². The molecule has 0 radical (unpaired) electrons. The first-order chi connectivity index (χ1) is 17.4. The fourth-order valence-corrected chi connectivity index (χ4v) is 4.32. The largest absolute Gasteiger partial charge is 0.363 e. The summed E-state index contributed by atoms with van der Waals surface area (Å²) < 4.78 is 18.1.